The molecule has 1 aliphatic rings. The molecule has 5 heteroatoms. The van der Waals surface area contributed by atoms with E-state index in [-0.39, 0.29) is 11.8 Å². The van der Waals surface area contributed by atoms with E-state index in [1.807, 2.05) is 25.1 Å². The van der Waals surface area contributed by atoms with E-state index in [1.165, 1.54) is 0 Å². The summed E-state index contributed by atoms with van der Waals surface area (Å²) in [5.74, 6) is -1.88. The summed E-state index contributed by atoms with van der Waals surface area (Å²) in [5, 5.41) is 11.5. The molecule has 1 amide bonds. The van der Waals surface area contributed by atoms with Crippen molar-refractivity contribution >= 4 is 27.8 Å². The fourth-order valence-electron chi connectivity index (χ4n) is 1.93. The minimum Gasteiger partial charge on any atom is -0.481 e. The number of hydrogen-bond acceptors (Lipinski definition) is 2. The van der Waals surface area contributed by atoms with Crippen molar-refractivity contribution in [3.8, 4) is 0 Å². The van der Waals surface area contributed by atoms with Gasteiger partial charge in [-0.1, -0.05) is 22.0 Å². The highest BCUT2D eigenvalue weighted by molar-refractivity contribution is 9.10. The van der Waals surface area contributed by atoms with Crippen molar-refractivity contribution in [1.82, 2.24) is 5.32 Å². The second-order valence-electron chi connectivity index (χ2n) is 4.58. The summed E-state index contributed by atoms with van der Waals surface area (Å²) in [7, 11) is 0. The van der Waals surface area contributed by atoms with Gasteiger partial charge in [-0.3, -0.25) is 9.59 Å². The number of aliphatic carboxylic acids is 1. The Kier molecular flexibility index (Phi) is 3.71. The summed E-state index contributed by atoms with van der Waals surface area (Å²) in [6.45, 7) is 2.42. The summed E-state index contributed by atoms with van der Waals surface area (Å²) in [4.78, 5) is 22.3. The smallest absolute Gasteiger partial charge is 0.307 e. The molecule has 2 unspecified atom stereocenters. The molecule has 0 spiro atoms. The standard InChI is InChI=1S/C13H14BrNO3/c1-7-4-9(14)3-2-8(7)6-15-12(16)10-5-11(10)13(17)18/h2-4,10-11H,5-6H2,1H3,(H,15,16)(H,17,18). The molecule has 0 bridgehead atoms. The molecule has 2 atom stereocenters. The van der Waals surface area contributed by atoms with E-state index in [4.69, 9.17) is 5.11 Å². The van der Waals surface area contributed by atoms with Crippen LogP contribution in [0.3, 0.4) is 0 Å². The lowest BCUT2D eigenvalue weighted by molar-refractivity contribution is -0.140. The van der Waals surface area contributed by atoms with Crippen LogP contribution >= 0.6 is 15.9 Å². The molecule has 1 saturated carbocycles. The lowest BCUT2D eigenvalue weighted by Crippen LogP contribution is -2.26. The monoisotopic (exact) mass is 311 g/mol. The molecule has 4 nitrogen and oxygen atoms in total. The number of carboxylic acid groups (broad SMARTS) is 1. The minimum atomic E-state index is -0.880. The Bertz CT molecular complexity index is 501. The van der Waals surface area contributed by atoms with E-state index in [0.29, 0.717) is 13.0 Å². The average molecular weight is 312 g/mol. The first-order valence-corrected chi connectivity index (χ1v) is 6.54. The van der Waals surface area contributed by atoms with Gasteiger partial charge in [0.2, 0.25) is 5.91 Å². The van der Waals surface area contributed by atoms with E-state index < -0.39 is 11.9 Å². The number of aryl methyl sites for hydroxylation is 1. The first-order chi connectivity index (χ1) is 8.49. The SMILES string of the molecule is Cc1cc(Br)ccc1CNC(=O)C1CC1C(=O)O. The number of amides is 1. The van der Waals surface area contributed by atoms with Crippen molar-refractivity contribution in [2.24, 2.45) is 11.8 Å². The van der Waals surface area contributed by atoms with Crippen LogP contribution in [0.5, 0.6) is 0 Å². The van der Waals surface area contributed by atoms with Gasteiger partial charge in [0.05, 0.1) is 11.8 Å². The number of nitrogens with one attached hydrogen (secondary N) is 1. The van der Waals surface area contributed by atoms with Crippen LogP contribution < -0.4 is 5.32 Å². The van der Waals surface area contributed by atoms with Crippen LogP contribution in [-0.4, -0.2) is 17.0 Å². The van der Waals surface area contributed by atoms with Gasteiger partial charge in [0.25, 0.3) is 0 Å². The number of carbonyl (C=O) groups is 2. The molecule has 18 heavy (non-hydrogen) atoms. The van der Waals surface area contributed by atoms with Crippen LogP contribution in [0, 0.1) is 18.8 Å². The van der Waals surface area contributed by atoms with E-state index in [9.17, 15) is 9.59 Å². The number of hydrogen-bond donors (Lipinski definition) is 2. The zero-order chi connectivity index (χ0) is 13.3. The van der Waals surface area contributed by atoms with Gasteiger partial charge in [-0.2, -0.15) is 0 Å². The Hall–Kier alpha value is -1.36. The predicted molar refractivity (Wildman–Crippen MR) is 70.0 cm³/mol. The van der Waals surface area contributed by atoms with Gasteiger partial charge < -0.3 is 10.4 Å². The maximum atomic E-state index is 11.7. The Morgan fingerprint density at radius 3 is 2.72 bits per heavy atom. The number of carbonyl (C=O) groups excluding carboxylic acids is 1. The van der Waals surface area contributed by atoms with Crippen LogP contribution in [0.25, 0.3) is 0 Å². The third-order valence-corrected chi connectivity index (χ3v) is 3.70. The highest BCUT2D eigenvalue weighted by Gasteiger charge is 2.48. The van der Waals surface area contributed by atoms with Crippen molar-refractivity contribution in [3.63, 3.8) is 0 Å². The molecule has 0 aromatic heterocycles. The van der Waals surface area contributed by atoms with Gasteiger partial charge in [0.1, 0.15) is 0 Å². The maximum Gasteiger partial charge on any atom is 0.307 e. The molecule has 96 valence electrons. The van der Waals surface area contributed by atoms with Crippen molar-refractivity contribution in [2.45, 2.75) is 19.9 Å². The second kappa shape index (κ2) is 5.10. The van der Waals surface area contributed by atoms with Gasteiger partial charge in [-0.25, -0.2) is 0 Å². The van der Waals surface area contributed by atoms with Gasteiger partial charge >= 0.3 is 5.97 Å². The molecule has 0 heterocycles. The Morgan fingerprint density at radius 1 is 1.44 bits per heavy atom. The zero-order valence-corrected chi connectivity index (χ0v) is 11.5. The molecule has 1 aromatic rings. The van der Waals surface area contributed by atoms with Crippen LogP contribution in [0.4, 0.5) is 0 Å². The van der Waals surface area contributed by atoms with Crippen LogP contribution in [0.15, 0.2) is 22.7 Å². The van der Waals surface area contributed by atoms with Crippen LogP contribution in [0.2, 0.25) is 0 Å². The summed E-state index contributed by atoms with van der Waals surface area (Å²) in [5.41, 5.74) is 2.13. The molecule has 2 rings (SSSR count). The summed E-state index contributed by atoms with van der Waals surface area (Å²) in [6.07, 6.45) is 0.459. The fourth-order valence-corrected chi connectivity index (χ4v) is 2.40. The largest absolute Gasteiger partial charge is 0.481 e. The summed E-state index contributed by atoms with van der Waals surface area (Å²) >= 11 is 3.38. The summed E-state index contributed by atoms with van der Waals surface area (Å²) < 4.78 is 1.00. The molecule has 0 radical (unpaired) electrons. The molecule has 2 N–H and O–H groups in total. The van der Waals surface area contributed by atoms with E-state index in [0.717, 1.165) is 15.6 Å². The molecule has 1 aromatic carbocycles. The van der Waals surface area contributed by atoms with Crippen molar-refractivity contribution < 1.29 is 14.7 Å². The molecule has 1 aliphatic carbocycles. The fraction of sp³-hybridized carbons (Fsp3) is 0.385. The number of benzene rings is 1. The van der Waals surface area contributed by atoms with Crippen molar-refractivity contribution in [1.29, 1.82) is 0 Å². The van der Waals surface area contributed by atoms with Gasteiger partial charge in [-0.05, 0) is 36.6 Å². The molecule has 1 fully saturated rings. The van der Waals surface area contributed by atoms with Crippen LogP contribution in [-0.2, 0) is 16.1 Å². The highest BCUT2D eigenvalue weighted by Crippen LogP contribution is 2.38. The number of halogens is 1. The minimum absolute atomic E-state index is 0.162. The van der Waals surface area contributed by atoms with E-state index in [1.54, 1.807) is 0 Å². The van der Waals surface area contributed by atoms with Gasteiger partial charge in [0, 0.05) is 11.0 Å². The molecule has 0 aliphatic heterocycles. The highest BCUT2D eigenvalue weighted by atomic mass is 79.9. The van der Waals surface area contributed by atoms with Gasteiger partial charge in [-0.15, -0.1) is 0 Å². The number of rotatable bonds is 4. The normalized spacial score (nSPS) is 21.4. The lowest BCUT2D eigenvalue weighted by atomic mass is 10.1. The third kappa shape index (κ3) is 2.90. The maximum absolute atomic E-state index is 11.7. The lowest BCUT2D eigenvalue weighted by Gasteiger charge is -2.08. The predicted octanol–water partition coefficient (Wildman–Crippen LogP) is 2.09. The van der Waals surface area contributed by atoms with Crippen molar-refractivity contribution in [2.75, 3.05) is 0 Å². The zero-order valence-electron chi connectivity index (χ0n) is 9.94. The van der Waals surface area contributed by atoms with Crippen molar-refractivity contribution in [3.05, 3.63) is 33.8 Å². The first kappa shape index (κ1) is 13.1. The Labute approximate surface area is 114 Å². The molecule has 0 saturated heterocycles. The molecular weight excluding hydrogens is 298 g/mol. The van der Waals surface area contributed by atoms with Crippen LogP contribution in [0.1, 0.15) is 17.5 Å². The topological polar surface area (TPSA) is 66.4 Å². The second-order valence-corrected chi connectivity index (χ2v) is 5.49. The van der Waals surface area contributed by atoms with E-state index >= 15 is 0 Å². The average Bonchev–Trinajstić information content (AvgIpc) is 3.07. The number of carboxylic acids is 1. The van der Waals surface area contributed by atoms with E-state index in [2.05, 4.69) is 21.2 Å². The summed E-state index contributed by atoms with van der Waals surface area (Å²) in [6, 6.07) is 5.85. The van der Waals surface area contributed by atoms with Gasteiger partial charge in [0.15, 0.2) is 0 Å². The molecular formula is C13H14BrNO3. The quantitative estimate of drug-likeness (QED) is 0.895. The first-order valence-electron chi connectivity index (χ1n) is 5.74. The third-order valence-electron chi connectivity index (χ3n) is 3.20. The Morgan fingerprint density at radius 2 is 2.17 bits per heavy atom. The Balaban J connectivity index is 1.89.